The number of allylic oxidation sites excluding steroid dienone is 1. The summed E-state index contributed by atoms with van der Waals surface area (Å²) in [6.07, 6.45) is -4.60. The van der Waals surface area contributed by atoms with E-state index in [4.69, 9.17) is 16.3 Å². The number of rotatable bonds is 12. The summed E-state index contributed by atoms with van der Waals surface area (Å²) in [7, 11) is -1.05. The lowest BCUT2D eigenvalue weighted by Gasteiger charge is -2.23. The van der Waals surface area contributed by atoms with Gasteiger partial charge in [-0.15, -0.1) is 6.58 Å². The number of nitrogens with zero attached hydrogens (tertiary/aromatic N) is 5. The highest BCUT2D eigenvalue weighted by Crippen LogP contribution is 2.50. The minimum Gasteiger partial charge on any atom is -0.381 e. The number of benzene rings is 2. The summed E-state index contributed by atoms with van der Waals surface area (Å²) in [5.74, 6) is -3.53. The summed E-state index contributed by atoms with van der Waals surface area (Å²) < 4.78 is 136. The summed E-state index contributed by atoms with van der Waals surface area (Å²) in [5, 5.41) is 21.2. The molecule has 1 aliphatic carbocycles. The van der Waals surface area contributed by atoms with E-state index < -0.39 is 93.6 Å². The van der Waals surface area contributed by atoms with Crippen molar-refractivity contribution in [1.82, 2.24) is 29.9 Å². The summed E-state index contributed by atoms with van der Waals surface area (Å²) in [4.78, 5) is 18.7. The summed E-state index contributed by atoms with van der Waals surface area (Å²) >= 11 is 6.57. The monoisotopic (exact) mass is 881 g/mol. The number of carbonyl (C=O) groups excluding carboxylic acids is 1. The Morgan fingerprint density at radius 1 is 1.15 bits per heavy atom. The molecule has 1 aliphatic rings. The summed E-state index contributed by atoms with van der Waals surface area (Å²) in [5.41, 5.74) is -4.59. The molecule has 2 aromatic carbocycles. The number of amides is 1. The van der Waals surface area contributed by atoms with Crippen LogP contribution in [0.5, 0.6) is 0 Å². The van der Waals surface area contributed by atoms with Crippen molar-refractivity contribution in [3.05, 3.63) is 106 Å². The van der Waals surface area contributed by atoms with Crippen molar-refractivity contribution >= 4 is 44.3 Å². The first-order valence-electron chi connectivity index (χ1n) is 17.7. The van der Waals surface area contributed by atoms with Crippen LogP contribution in [-0.4, -0.2) is 69.5 Å². The van der Waals surface area contributed by atoms with Crippen LogP contribution in [0.2, 0.25) is 5.02 Å². The Hall–Kier alpha value is -5.49. The van der Waals surface area contributed by atoms with Crippen LogP contribution in [0.3, 0.4) is 0 Å². The van der Waals surface area contributed by atoms with Gasteiger partial charge in [0.15, 0.2) is 11.5 Å². The standard InChI is InChI=1S/C39H35ClF7N7O5S/c1-6-21-16-27-34(39(45,46)47)50-54(35(27)38(21,43)44)18-30(55)49-29(15-20-13-22(41)17-23(42)14-20)32-25(8-7-24(48-32)11-12-37(2,56)19-59-4)26-9-10-28(40)31-33(26)53(3)51-36(31)52-60(5,57)58/h6-10,13-14,17,21,29,56H,1,15-16,18-19H2,2-5H3,(H,49,55)(H,51,52)/t21-,29+,37?/m1/s1. The van der Waals surface area contributed by atoms with E-state index in [0.717, 1.165) is 24.5 Å². The van der Waals surface area contributed by atoms with E-state index in [2.05, 4.69) is 43.6 Å². The number of carbonyl (C=O) groups is 1. The number of alkyl halides is 5. The predicted molar refractivity (Wildman–Crippen MR) is 206 cm³/mol. The van der Waals surface area contributed by atoms with Gasteiger partial charge in [0.25, 0.3) is 5.92 Å². The maximum absolute atomic E-state index is 15.6. The van der Waals surface area contributed by atoms with Crippen molar-refractivity contribution in [2.45, 2.75) is 50.1 Å². The number of sulfonamides is 1. The van der Waals surface area contributed by atoms with Crippen LogP contribution in [0.15, 0.2) is 55.1 Å². The van der Waals surface area contributed by atoms with Gasteiger partial charge < -0.3 is 15.2 Å². The molecule has 0 aliphatic heterocycles. The number of aliphatic hydroxyl groups is 1. The van der Waals surface area contributed by atoms with Gasteiger partial charge in [-0.1, -0.05) is 29.7 Å². The normalized spacial score (nSPS) is 16.4. The maximum atomic E-state index is 15.6. The second-order valence-electron chi connectivity index (χ2n) is 14.4. The number of ether oxygens (including phenoxy) is 1. The SMILES string of the molecule is C=C[C@@H]1Cc2c(C(F)(F)F)nn(CC(=O)N[C@@H](Cc3cc(F)cc(F)c3)c3nc(C#CC(C)(O)COC)ccc3-c3ccc(Cl)c4c(NS(C)(=O)=O)nn(C)c34)c2C1(F)F. The summed E-state index contributed by atoms with van der Waals surface area (Å²) in [6.45, 7) is 3.33. The molecule has 0 fully saturated rings. The second-order valence-corrected chi connectivity index (χ2v) is 16.5. The molecule has 60 heavy (non-hydrogen) atoms. The van der Waals surface area contributed by atoms with Gasteiger partial charge in [0.2, 0.25) is 15.9 Å². The Labute approximate surface area is 343 Å². The maximum Gasteiger partial charge on any atom is 0.435 e. The van der Waals surface area contributed by atoms with Gasteiger partial charge in [0.1, 0.15) is 35.2 Å². The van der Waals surface area contributed by atoms with Crippen molar-refractivity contribution in [1.29, 1.82) is 0 Å². The minimum absolute atomic E-state index is 0.0146. The number of anilines is 1. The molecule has 318 valence electrons. The van der Waals surface area contributed by atoms with Crippen molar-refractivity contribution in [3.8, 4) is 23.0 Å². The van der Waals surface area contributed by atoms with Crippen LogP contribution in [0.25, 0.3) is 22.0 Å². The van der Waals surface area contributed by atoms with E-state index in [1.165, 1.54) is 50.0 Å². The van der Waals surface area contributed by atoms with E-state index in [9.17, 15) is 40.3 Å². The smallest absolute Gasteiger partial charge is 0.381 e. The topological polar surface area (TPSA) is 153 Å². The number of hydrogen-bond acceptors (Lipinski definition) is 8. The quantitative estimate of drug-likeness (QED) is 0.0735. The van der Waals surface area contributed by atoms with E-state index in [1.807, 2.05) is 0 Å². The molecule has 0 bridgehead atoms. The van der Waals surface area contributed by atoms with E-state index >= 15 is 8.78 Å². The zero-order chi connectivity index (χ0) is 44.1. The molecular weight excluding hydrogens is 847 g/mol. The number of pyridine rings is 1. The first kappa shape index (κ1) is 44.1. The largest absolute Gasteiger partial charge is 0.435 e. The third-order valence-electron chi connectivity index (χ3n) is 9.45. The van der Waals surface area contributed by atoms with Crippen LogP contribution >= 0.6 is 11.6 Å². The molecule has 6 rings (SSSR count). The van der Waals surface area contributed by atoms with Gasteiger partial charge in [-0.05, 0) is 61.6 Å². The lowest BCUT2D eigenvalue weighted by atomic mass is 9.93. The third-order valence-corrected chi connectivity index (χ3v) is 10.3. The third kappa shape index (κ3) is 9.13. The van der Waals surface area contributed by atoms with Crippen molar-refractivity contribution < 1.29 is 53.8 Å². The number of aromatic nitrogens is 5. The van der Waals surface area contributed by atoms with Gasteiger partial charge in [0, 0.05) is 36.9 Å². The minimum atomic E-state index is -5.15. The Balaban J connectivity index is 1.55. The number of nitrogens with one attached hydrogen (secondary N) is 2. The van der Waals surface area contributed by atoms with E-state index in [-0.39, 0.29) is 61.1 Å². The first-order valence-corrected chi connectivity index (χ1v) is 20.0. The molecule has 0 radical (unpaired) electrons. The molecule has 1 unspecified atom stereocenters. The Bertz CT molecular complexity index is 2690. The van der Waals surface area contributed by atoms with E-state index in [1.54, 1.807) is 0 Å². The molecule has 5 aromatic rings. The number of methoxy groups -OCH3 is 1. The molecule has 3 N–H and O–H groups in total. The van der Waals surface area contributed by atoms with Crippen LogP contribution < -0.4 is 10.0 Å². The highest BCUT2D eigenvalue weighted by molar-refractivity contribution is 7.92. The highest BCUT2D eigenvalue weighted by atomic mass is 35.5. The van der Waals surface area contributed by atoms with Crippen LogP contribution in [0, 0.1) is 29.4 Å². The Morgan fingerprint density at radius 3 is 2.43 bits per heavy atom. The fourth-order valence-corrected chi connectivity index (χ4v) is 7.85. The molecule has 0 spiro atoms. The molecule has 0 saturated heterocycles. The Kier molecular flexibility index (Phi) is 11.9. The first-order chi connectivity index (χ1) is 27.9. The van der Waals surface area contributed by atoms with Gasteiger partial charge in [-0.3, -0.25) is 18.9 Å². The average Bonchev–Trinajstić information content (AvgIpc) is 3.74. The molecule has 1 amide bonds. The van der Waals surface area contributed by atoms with Gasteiger partial charge >= 0.3 is 6.18 Å². The number of fused-ring (bicyclic) bond motifs is 2. The van der Waals surface area contributed by atoms with Crippen molar-refractivity contribution in [3.63, 3.8) is 0 Å². The van der Waals surface area contributed by atoms with Crippen molar-refractivity contribution in [2.24, 2.45) is 13.0 Å². The molecule has 3 aromatic heterocycles. The van der Waals surface area contributed by atoms with E-state index in [0.29, 0.717) is 6.07 Å². The molecule has 21 heteroatoms. The average molecular weight is 882 g/mol. The number of halogens is 8. The van der Waals surface area contributed by atoms with Crippen LogP contribution in [0.4, 0.5) is 36.6 Å². The molecule has 3 atom stereocenters. The molecular formula is C39H35ClF7N7O5S. The number of hydrogen-bond donors (Lipinski definition) is 3. The summed E-state index contributed by atoms with van der Waals surface area (Å²) in [6, 6.07) is 6.96. The fraction of sp³-hybridized carbons (Fsp3) is 0.333. The van der Waals surface area contributed by atoms with Crippen LogP contribution in [-0.2, 0) is 58.1 Å². The molecule has 12 nitrogen and oxygen atoms in total. The van der Waals surface area contributed by atoms with Gasteiger partial charge in [0.05, 0.1) is 46.4 Å². The van der Waals surface area contributed by atoms with Crippen LogP contribution in [0.1, 0.15) is 46.9 Å². The lowest BCUT2D eigenvalue weighted by molar-refractivity contribution is -0.142. The molecule has 0 saturated carbocycles. The highest BCUT2D eigenvalue weighted by Gasteiger charge is 2.55. The molecule has 3 heterocycles. The zero-order valence-electron chi connectivity index (χ0n) is 32.1. The Morgan fingerprint density at radius 2 is 1.82 bits per heavy atom. The second kappa shape index (κ2) is 16.2. The number of aryl methyl sites for hydroxylation is 1. The zero-order valence-corrected chi connectivity index (χ0v) is 33.6. The lowest BCUT2D eigenvalue weighted by Crippen LogP contribution is -2.35. The van der Waals surface area contributed by atoms with Crippen molar-refractivity contribution in [2.75, 3.05) is 24.7 Å². The van der Waals surface area contributed by atoms with Gasteiger partial charge in [-0.25, -0.2) is 22.2 Å². The fourth-order valence-electron chi connectivity index (χ4n) is 7.12. The predicted octanol–water partition coefficient (Wildman–Crippen LogP) is 6.45. The van der Waals surface area contributed by atoms with Gasteiger partial charge in [-0.2, -0.15) is 32.1 Å².